The number of aromatic nitrogens is 2. The molecular formula is C21H26ClN5O3S. The standard InChI is InChI=1S/C21H26ClN5O3S/c1-2-3-9-23-17(28)12-14-7-10-27(11-8-14)21(30)20-26-25-19(31-20)18(29)24-16-6-4-5-15(22)13-16/h4-6,13-14H,2-3,7-12H2,1H3,(H,23,28)(H,24,29). The van der Waals surface area contributed by atoms with E-state index in [9.17, 15) is 14.4 Å². The number of halogens is 1. The van der Waals surface area contributed by atoms with Gasteiger partial charge in [0, 0.05) is 36.8 Å². The molecule has 2 heterocycles. The van der Waals surface area contributed by atoms with Crippen LogP contribution in [-0.4, -0.2) is 52.5 Å². The van der Waals surface area contributed by atoms with Gasteiger partial charge in [-0.25, -0.2) is 0 Å². The molecule has 0 radical (unpaired) electrons. The van der Waals surface area contributed by atoms with E-state index in [2.05, 4.69) is 27.8 Å². The highest BCUT2D eigenvalue weighted by Gasteiger charge is 2.27. The van der Waals surface area contributed by atoms with Crippen LogP contribution in [0.2, 0.25) is 5.02 Å². The van der Waals surface area contributed by atoms with E-state index in [4.69, 9.17) is 11.6 Å². The number of carbonyl (C=O) groups excluding carboxylic acids is 3. The summed E-state index contributed by atoms with van der Waals surface area (Å²) in [6.07, 6.45) is 4.08. The zero-order valence-electron chi connectivity index (χ0n) is 17.4. The van der Waals surface area contributed by atoms with E-state index in [0.717, 1.165) is 43.6 Å². The summed E-state index contributed by atoms with van der Waals surface area (Å²) >= 11 is 6.89. The summed E-state index contributed by atoms with van der Waals surface area (Å²) in [5.74, 6) is -0.311. The predicted molar refractivity (Wildman–Crippen MR) is 120 cm³/mol. The van der Waals surface area contributed by atoms with Gasteiger partial charge in [-0.05, 0) is 43.4 Å². The van der Waals surface area contributed by atoms with Gasteiger partial charge in [-0.2, -0.15) is 0 Å². The van der Waals surface area contributed by atoms with Gasteiger partial charge in [-0.3, -0.25) is 14.4 Å². The van der Waals surface area contributed by atoms with E-state index in [1.807, 2.05) is 0 Å². The Morgan fingerprint density at radius 2 is 1.94 bits per heavy atom. The quantitative estimate of drug-likeness (QED) is 0.582. The maximum absolute atomic E-state index is 12.7. The zero-order chi connectivity index (χ0) is 22.2. The lowest BCUT2D eigenvalue weighted by atomic mass is 9.93. The van der Waals surface area contributed by atoms with Crippen LogP contribution in [0.1, 0.15) is 58.6 Å². The molecule has 0 bridgehead atoms. The molecule has 2 N–H and O–H groups in total. The minimum atomic E-state index is -0.438. The van der Waals surface area contributed by atoms with Gasteiger partial charge in [0.25, 0.3) is 11.8 Å². The van der Waals surface area contributed by atoms with Crippen molar-refractivity contribution < 1.29 is 14.4 Å². The summed E-state index contributed by atoms with van der Waals surface area (Å²) in [5.41, 5.74) is 0.543. The fourth-order valence-corrected chi connectivity index (χ4v) is 4.26. The van der Waals surface area contributed by atoms with Gasteiger partial charge in [0.15, 0.2) is 0 Å². The van der Waals surface area contributed by atoms with Crippen LogP contribution in [0.5, 0.6) is 0 Å². The molecule has 0 aliphatic carbocycles. The summed E-state index contributed by atoms with van der Waals surface area (Å²) in [5, 5.41) is 14.2. The minimum Gasteiger partial charge on any atom is -0.356 e. The number of unbranched alkanes of at least 4 members (excludes halogenated alkanes) is 1. The van der Waals surface area contributed by atoms with Crippen molar-refractivity contribution in [3.63, 3.8) is 0 Å². The van der Waals surface area contributed by atoms with Crippen molar-refractivity contribution in [1.82, 2.24) is 20.4 Å². The maximum atomic E-state index is 12.7. The Bertz CT molecular complexity index is 927. The third kappa shape index (κ3) is 6.73. The Hall–Kier alpha value is -2.52. The van der Waals surface area contributed by atoms with Crippen LogP contribution in [-0.2, 0) is 4.79 Å². The number of piperidine rings is 1. The molecule has 0 spiro atoms. The number of benzene rings is 1. The largest absolute Gasteiger partial charge is 0.356 e. The molecule has 0 saturated carbocycles. The lowest BCUT2D eigenvalue weighted by molar-refractivity contribution is -0.122. The molecule has 2 aromatic rings. The molecule has 1 aliphatic rings. The molecular weight excluding hydrogens is 438 g/mol. The summed E-state index contributed by atoms with van der Waals surface area (Å²) in [6, 6.07) is 6.78. The number of amides is 3. The molecule has 1 aromatic carbocycles. The van der Waals surface area contributed by atoms with Gasteiger partial charge in [0.05, 0.1) is 0 Å². The Labute approximate surface area is 190 Å². The van der Waals surface area contributed by atoms with Crippen LogP contribution in [0.4, 0.5) is 5.69 Å². The monoisotopic (exact) mass is 463 g/mol. The van der Waals surface area contributed by atoms with E-state index < -0.39 is 5.91 Å². The van der Waals surface area contributed by atoms with Crippen molar-refractivity contribution in [2.24, 2.45) is 5.92 Å². The number of hydrogen-bond acceptors (Lipinski definition) is 6. The molecule has 1 saturated heterocycles. The Morgan fingerprint density at radius 3 is 2.65 bits per heavy atom. The number of anilines is 1. The second-order valence-corrected chi connectivity index (χ2v) is 8.93. The lowest BCUT2D eigenvalue weighted by Gasteiger charge is -2.31. The van der Waals surface area contributed by atoms with Gasteiger partial charge in [0.1, 0.15) is 0 Å². The Morgan fingerprint density at radius 1 is 1.19 bits per heavy atom. The maximum Gasteiger partial charge on any atom is 0.286 e. The molecule has 0 atom stereocenters. The van der Waals surface area contributed by atoms with E-state index in [0.29, 0.717) is 30.2 Å². The first-order chi connectivity index (χ1) is 15.0. The molecule has 3 amide bonds. The molecule has 166 valence electrons. The molecule has 0 unspecified atom stereocenters. The average molecular weight is 464 g/mol. The number of hydrogen-bond donors (Lipinski definition) is 2. The molecule has 1 fully saturated rings. The lowest BCUT2D eigenvalue weighted by Crippen LogP contribution is -2.39. The topological polar surface area (TPSA) is 104 Å². The second kappa shape index (κ2) is 11.2. The highest BCUT2D eigenvalue weighted by molar-refractivity contribution is 7.15. The zero-order valence-corrected chi connectivity index (χ0v) is 19.0. The fraction of sp³-hybridized carbons (Fsp3) is 0.476. The van der Waals surface area contributed by atoms with Gasteiger partial charge >= 0.3 is 0 Å². The smallest absolute Gasteiger partial charge is 0.286 e. The molecule has 1 aromatic heterocycles. The Kier molecular flexibility index (Phi) is 8.36. The molecule has 10 heteroatoms. The van der Waals surface area contributed by atoms with E-state index >= 15 is 0 Å². The fourth-order valence-electron chi connectivity index (χ4n) is 3.37. The normalized spacial score (nSPS) is 14.3. The number of nitrogens with one attached hydrogen (secondary N) is 2. The number of rotatable bonds is 8. The van der Waals surface area contributed by atoms with Crippen LogP contribution in [0.15, 0.2) is 24.3 Å². The van der Waals surface area contributed by atoms with Crippen LogP contribution >= 0.6 is 22.9 Å². The molecule has 31 heavy (non-hydrogen) atoms. The number of carbonyl (C=O) groups is 3. The third-order valence-corrected chi connectivity index (χ3v) is 6.26. The van der Waals surface area contributed by atoms with Crippen molar-refractivity contribution in [2.75, 3.05) is 25.0 Å². The van der Waals surface area contributed by atoms with Crippen molar-refractivity contribution in [2.45, 2.75) is 39.0 Å². The van der Waals surface area contributed by atoms with Gasteiger partial charge in [-0.15, -0.1) is 10.2 Å². The minimum absolute atomic E-state index is 0.0812. The molecule has 8 nitrogen and oxygen atoms in total. The first kappa shape index (κ1) is 23.1. The summed E-state index contributed by atoms with van der Waals surface area (Å²) in [4.78, 5) is 38.8. The van der Waals surface area contributed by atoms with Crippen molar-refractivity contribution in [1.29, 1.82) is 0 Å². The second-order valence-electron chi connectivity index (χ2n) is 7.52. The Balaban J connectivity index is 1.48. The van der Waals surface area contributed by atoms with Crippen molar-refractivity contribution in [3.8, 4) is 0 Å². The van der Waals surface area contributed by atoms with Crippen molar-refractivity contribution in [3.05, 3.63) is 39.3 Å². The SMILES string of the molecule is CCCCNC(=O)CC1CCN(C(=O)c2nnc(C(=O)Nc3cccc(Cl)c3)s2)CC1. The summed E-state index contributed by atoms with van der Waals surface area (Å²) in [7, 11) is 0. The third-order valence-electron chi connectivity index (χ3n) is 5.11. The number of likely N-dealkylation sites (tertiary alicyclic amines) is 1. The molecule has 3 rings (SSSR count). The van der Waals surface area contributed by atoms with Gasteiger partial charge < -0.3 is 15.5 Å². The first-order valence-electron chi connectivity index (χ1n) is 10.4. The van der Waals surface area contributed by atoms with E-state index in [-0.39, 0.29) is 27.7 Å². The average Bonchev–Trinajstić information content (AvgIpc) is 3.24. The molecule has 1 aliphatic heterocycles. The summed E-state index contributed by atoms with van der Waals surface area (Å²) < 4.78 is 0. The van der Waals surface area contributed by atoms with Crippen molar-refractivity contribution >= 4 is 46.3 Å². The predicted octanol–water partition coefficient (Wildman–Crippen LogP) is 3.60. The highest BCUT2D eigenvalue weighted by Crippen LogP contribution is 2.23. The van der Waals surface area contributed by atoms with Gasteiger partial charge in [0.2, 0.25) is 15.9 Å². The highest BCUT2D eigenvalue weighted by atomic mass is 35.5. The van der Waals surface area contributed by atoms with Crippen LogP contribution < -0.4 is 10.6 Å². The van der Waals surface area contributed by atoms with Crippen LogP contribution in [0.3, 0.4) is 0 Å². The summed E-state index contributed by atoms with van der Waals surface area (Å²) in [6.45, 7) is 3.94. The van der Waals surface area contributed by atoms with Crippen LogP contribution in [0, 0.1) is 5.92 Å². The number of nitrogens with zero attached hydrogens (tertiary/aromatic N) is 3. The van der Waals surface area contributed by atoms with Gasteiger partial charge in [-0.1, -0.05) is 42.3 Å². The van der Waals surface area contributed by atoms with Crippen LogP contribution in [0.25, 0.3) is 0 Å². The first-order valence-corrected chi connectivity index (χ1v) is 11.6. The van der Waals surface area contributed by atoms with E-state index in [1.165, 1.54) is 0 Å². The van der Waals surface area contributed by atoms with E-state index in [1.54, 1.807) is 29.2 Å².